The van der Waals surface area contributed by atoms with E-state index < -0.39 is 47.9 Å². The number of hydrogen-bond donors (Lipinski definition) is 1. The van der Waals surface area contributed by atoms with Crippen molar-refractivity contribution in [1.29, 1.82) is 0 Å². The van der Waals surface area contributed by atoms with E-state index in [4.69, 9.17) is 4.74 Å². The number of carbonyl (C=O) groups excluding carboxylic acids is 1. The van der Waals surface area contributed by atoms with Gasteiger partial charge in [-0.1, -0.05) is 0 Å². The second kappa shape index (κ2) is 9.52. The van der Waals surface area contributed by atoms with E-state index in [1.807, 2.05) is 0 Å². The van der Waals surface area contributed by atoms with Crippen LogP contribution in [0.25, 0.3) is 0 Å². The number of benzene rings is 1. The van der Waals surface area contributed by atoms with Crippen molar-refractivity contribution in [1.82, 2.24) is 9.80 Å². The molecule has 0 spiro atoms. The first-order chi connectivity index (χ1) is 16.4. The lowest BCUT2D eigenvalue weighted by molar-refractivity contribution is -0.308. The molecule has 1 saturated heterocycles. The van der Waals surface area contributed by atoms with Gasteiger partial charge in [-0.15, -0.1) is 0 Å². The predicted octanol–water partition coefficient (Wildman–Crippen LogP) is 4.45. The Hall–Kier alpha value is -2.91. The van der Waals surface area contributed by atoms with Crippen LogP contribution in [0.4, 0.5) is 44.3 Å². The van der Waals surface area contributed by atoms with Crippen LogP contribution in [0, 0.1) is 0 Å². The van der Waals surface area contributed by atoms with Crippen molar-refractivity contribution >= 4 is 12.1 Å². The van der Waals surface area contributed by atoms with E-state index in [-0.39, 0.29) is 56.9 Å². The zero-order valence-electron chi connectivity index (χ0n) is 18.1. The summed E-state index contributed by atoms with van der Waals surface area (Å²) in [5.41, 5.74) is -2.62. The molecule has 0 atom stereocenters. The third kappa shape index (κ3) is 6.64. The van der Waals surface area contributed by atoms with Gasteiger partial charge in [-0.25, -0.2) is 9.59 Å². The predicted molar refractivity (Wildman–Crippen MR) is 101 cm³/mol. The van der Waals surface area contributed by atoms with E-state index in [1.165, 1.54) is 11.0 Å². The Bertz CT molecular complexity index is 967. The van der Waals surface area contributed by atoms with Crippen molar-refractivity contribution in [2.24, 2.45) is 0 Å². The minimum Gasteiger partial charge on any atom is -0.478 e. The molecule has 1 aromatic rings. The molecule has 2 aliphatic rings. The fourth-order valence-electron chi connectivity index (χ4n) is 3.51. The summed E-state index contributed by atoms with van der Waals surface area (Å²) in [4.78, 5) is 25.3. The Morgan fingerprint density at radius 3 is 1.92 bits per heavy atom. The molecule has 0 aromatic heterocycles. The van der Waals surface area contributed by atoms with Gasteiger partial charge in [-0.2, -0.15) is 39.5 Å². The van der Waals surface area contributed by atoms with Crippen molar-refractivity contribution < 1.29 is 63.7 Å². The smallest absolute Gasteiger partial charge is 0.434 e. The highest BCUT2D eigenvalue weighted by Crippen LogP contribution is 2.42. The summed E-state index contributed by atoms with van der Waals surface area (Å²) in [6.07, 6.45) is -22.4. The van der Waals surface area contributed by atoms with Crippen LogP contribution in [0.15, 0.2) is 18.2 Å². The van der Waals surface area contributed by atoms with Gasteiger partial charge in [0.2, 0.25) is 5.60 Å². The number of ether oxygens (including phenoxy) is 2. The molecule has 1 N–H and O–H groups in total. The van der Waals surface area contributed by atoms with E-state index in [0.29, 0.717) is 11.0 Å². The van der Waals surface area contributed by atoms with E-state index in [2.05, 4.69) is 4.74 Å². The second-order valence-corrected chi connectivity index (χ2v) is 8.38. The Balaban J connectivity index is 1.65. The van der Waals surface area contributed by atoms with Crippen LogP contribution in [0.1, 0.15) is 24.0 Å². The summed E-state index contributed by atoms with van der Waals surface area (Å²) in [5, 5.41) is 9.22. The summed E-state index contributed by atoms with van der Waals surface area (Å²) in [5.74, 6) is -1.63. The highest BCUT2D eigenvalue weighted by Gasteiger charge is 2.60. The van der Waals surface area contributed by atoms with Crippen molar-refractivity contribution in [2.45, 2.75) is 49.6 Å². The lowest BCUT2D eigenvalue weighted by Crippen LogP contribution is -2.52. The minimum absolute atomic E-state index is 0.0752. The molecule has 1 aromatic carbocycles. The second-order valence-electron chi connectivity index (χ2n) is 8.38. The molecule has 1 amide bonds. The van der Waals surface area contributed by atoms with Crippen molar-refractivity contribution in [3.05, 3.63) is 29.3 Å². The van der Waals surface area contributed by atoms with Gasteiger partial charge in [-0.3, -0.25) is 4.90 Å². The first-order valence-electron chi connectivity index (χ1n) is 10.4. The molecule has 3 rings (SSSR count). The van der Waals surface area contributed by atoms with Gasteiger partial charge in [0.1, 0.15) is 5.75 Å². The average Bonchev–Trinajstić information content (AvgIpc) is 3.50. The summed E-state index contributed by atoms with van der Waals surface area (Å²) in [6, 6.07) is 2.69. The number of carboxylic acids is 1. The molecule has 1 aliphatic heterocycles. The fourth-order valence-corrected chi connectivity index (χ4v) is 3.51. The van der Waals surface area contributed by atoms with Gasteiger partial charge < -0.3 is 19.5 Å². The van der Waals surface area contributed by atoms with Crippen LogP contribution in [0.2, 0.25) is 0 Å². The summed E-state index contributed by atoms with van der Waals surface area (Å²) >= 11 is 0. The Kier molecular flexibility index (Phi) is 7.32. The molecular formula is C20H19F9N2O5. The number of hydrogen-bond acceptors (Lipinski definition) is 5. The van der Waals surface area contributed by atoms with Crippen LogP contribution in [0.5, 0.6) is 5.75 Å². The SMILES string of the molecule is O=C(OC(C(F)(F)F)C(F)(F)F)N1CCN(Cc2cc(OC3(C(=O)O)CC3)cc(C(F)(F)F)c2)CC1. The largest absolute Gasteiger partial charge is 0.478 e. The van der Waals surface area contributed by atoms with Crippen LogP contribution in [-0.2, 0) is 22.3 Å². The molecule has 1 saturated carbocycles. The monoisotopic (exact) mass is 538 g/mol. The van der Waals surface area contributed by atoms with Gasteiger partial charge in [0, 0.05) is 45.6 Å². The zero-order chi connectivity index (χ0) is 27.1. The van der Waals surface area contributed by atoms with E-state index in [9.17, 15) is 54.2 Å². The minimum atomic E-state index is -5.86. The third-order valence-corrected chi connectivity index (χ3v) is 5.55. The lowest BCUT2D eigenvalue weighted by Gasteiger charge is -2.35. The van der Waals surface area contributed by atoms with Gasteiger partial charge >= 0.3 is 30.6 Å². The zero-order valence-corrected chi connectivity index (χ0v) is 18.1. The average molecular weight is 538 g/mol. The Labute approximate surface area is 197 Å². The molecule has 16 heteroatoms. The Morgan fingerprint density at radius 2 is 1.47 bits per heavy atom. The topological polar surface area (TPSA) is 79.3 Å². The van der Waals surface area contributed by atoms with Crippen LogP contribution in [-0.4, -0.2) is 77.2 Å². The first-order valence-corrected chi connectivity index (χ1v) is 10.4. The highest BCUT2D eigenvalue weighted by molar-refractivity contribution is 5.81. The standard InChI is InChI=1S/C20H19F9N2O5/c21-18(22,23)12-7-11(8-13(9-12)36-17(1-2-17)15(32)33)10-30-3-5-31(6-4-30)16(34)35-14(19(24,25)26)20(27,28)29/h7-9,14H,1-6,10H2,(H,32,33). The molecule has 1 heterocycles. The van der Waals surface area contributed by atoms with Gasteiger partial charge in [0.15, 0.2) is 0 Å². The summed E-state index contributed by atoms with van der Waals surface area (Å²) in [7, 11) is 0. The van der Waals surface area contributed by atoms with Crippen molar-refractivity contribution in [2.75, 3.05) is 26.2 Å². The molecule has 0 radical (unpaired) electrons. The third-order valence-electron chi connectivity index (χ3n) is 5.55. The van der Waals surface area contributed by atoms with Gasteiger partial charge in [-0.05, 0) is 23.8 Å². The quantitative estimate of drug-likeness (QED) is 0.540. The first kappa shape index (κ1) is 27.7. The molecule has 2 fully saturated rings. The van der Waals surface area contributed by atoms with E-state index in [1.54, 1.807) is 0 Å². The molecule has 36 heavy (non-hydrogen) atoms. The number of nitrogens with zero attached hydrogens (tertiary/aromatic N) is 2. The summed E-state index contributed by atoms with van der Waals surface area (Å²) in [6.45, 7) is -1.01. The molecule has 7 nitrogen and oxygen atoms in total. The number of piperazine rings is 1. The van der Waals surface area contributed by atoms with Crippen molar-refractivity contribution in [3.8, 4) is 5.75 Å². The van der Waals surface area contributed by atoms with E-state index >= 15 is 0 Å². The maximum absolute atomic E-state index is 13.3. The van der Waals surface area contributed by atoms with Crippen LogP contribution in [0.3, 0.4) is 0 Å². The molecule has 0 bridgehead atoms. The maximum atomic E-state index is 13.3. The lowest BCUT2D eigenvalue weighted by atomic mass is 10.1. The van der Waals surface area contributed by atoms with Crippen LogP contribution < -0.4 is 4.74 Å². The molecular weight excluding hydrogens is 519 g/mol. The molecule has 0 unspecified atom stereocenters. The number of amides is 1. The number of carboxylic acid groups (broad SMARTS) is 1. The number of carbonyl (C=O) groups is 2. The van der Waals surface area contributed by atoms with E-state index in [0.717, 1.165) is 6.07 Å². The fraction of sp³-hybridized carbons (Fsp3) is 0.600. The summed E-state index contributed by atoms with van der Waals surface area (Å²) < 4.78 is 125. The van der Waals surface area contributed by atoms with Gasteiger partial charge in [0.05, 0.1) is 5.56 Å². The Morgan fingerprint density at radius 1 is 0.917 bits per heavy atom. The normalized spacial score (nSPS) is 18.8. The van der Waals surface area contributed by atoms with Crippen molar-refractivity contribution in [3.63, 3.8) is 0 Å². The van der Waals surface area contributed by atoms with Crippen LogP contribution >= 0.6 is 0 Å². The van der Waals surface area contributed by atoms with Gasteiger partial charge in [0.25, 0.3) is 6.10 Å². The number of halogens is 9. The highest BCUT2D eigenvalue weighted by atomic mass is 19.4. The molecule has 1 aliphatic carbocycles. The number of aliphatic carboxylic acids is 1. The number of alkyl halides is 9. The number of rotatable bonds is 6. The molecule has 202 valence electrons. The maximum Gasteiger partial charge on any atom is 0.434 e.